The van der Waals surface area contributed by atoms with Crippen LogP contribution in [0.2, 0.25) is 5.02 Å². The Morgan fingerprint density at radius 2 is 1.85 bits per heavy atom. The highest BCUT2D eigenvalue weighted by Crippen LogP contribution is 2.22. The molecule has 3 N–H and O–H groups in total. The van der Waals surface area contributed by atoms with Gasteiger partial charge in [0.15, 0.2) is 5.03 Å². The summed E-state index contributed by atoms with van der Waals surface area (Å²) in [6.45, 7) is -0.0753. The topological polar surface area (TPSA) is 143 Å². The van der Waals surface area contributed by atoms with E-state index in [1.807, 2.05) is 4.72 Å². The van der Waals surface area contributed by atoms with Gasteiger partial charge >= 0.3 is 0 Å². The number of nitrogens with one attached hydrogen (secondary N) is 3. The number of rotatable bonds is 7. The number of fused-ring (bicyclic) bond motifs is 1. The van der Waals surface area contributed by atoms with Crippen LogP contribution in [-0.4, -0.2) is 41.3 Å². The molecule has 0 spiro atoms. The van der Waals surface area contributed by atoms with Crippen LogP contribution in [0.25, 0.3) is 16.6 Å². The maximum Gasteiger partial charge on any atom is 0.279 e. The fourth-order valence-electron chi connectivity index (χ4n) is 3.20. The zero-order valence-electron chi connectivity index (χ0n) is 17.5. The number of halogens is 1. The second-order valence-electron chi connectivity index (χ2n) is 7.23. The molecule has 4 rings (SSSR count). The number of benzene rings is 2. The summed E-state index contributed by atoms with van der Waals surface area (Å²) in [4.78, 5) is 42.7. The molecule has 0 aliphatic carbocycles. The van der Waals surface area contributed by atoms with Crippen molar-refractivity contribution < 1.29 is 18.0 Å². The van der Waals surface area contributed by atoms with Gasteiger partial charge in [-0.05, 0) is 42.5 Å². The third kappa shape index (κ3) is 5.16. The number of H-pyrrole nitrogens is 1. The van der Waals surface area contributed by atoms with Crippen molar-refractivity contribution in [3.8, 4) is 5.69 Å². The Morgan fingerprint density at radius 3 is 2.59 bits per heavy atom. The molecule has 0 aliphatic heterocycles. The van der Waals surface area contributed by atoms with Gasteiger partial charge in [0.25, 0.3) is 21.5 Å². The summed E-state index contributed by atoms with van der Waals surface area (Å²) >= 11 is 5.91. The van der Waals surface area contributed by atoms with Crippen molar-refractivity contribution in [1.82, 2.24) is 24.6 Å². The maximum absolute atomic E-state index is 12.5. The van der Waals surface area contributed by atoms with Crippen LogP contribution in [0.3, 0.4) is 0 Å². The Labute approximate surface area is 198 Å². The third-order valence-electron chi connectivity index (χ3n) is 4.87. The summed E-state index contributed by atoms with van der Waals surface area (Å²) in [5.41, 5.74) is 1.09. The molecule has 2 aromatic heterocycles. The molecule has 2 heterocycles. The monoisotopic (exact) mass is 499 g/mol. The lowest BCUT2D eigenvalue weighted by Crippen LogP contribution is -2.34. The van der Waals surface area contributed by atoms with Gasteiger partial charge < -0.3 is 10.3 Å². The van der Waals surface area contributed by atoms with Crippen LogP contribution in [0.1, 0.15) is 16.8 Å². The van der Waals surface area contributed by atoms with E-state index in [1.165, 1.54) is 41.4 Å². The van der Waals surface area contributed by atoms with Crippen molar-refractivity contribution in [1.29, 1.82) is 0 Å². The predicted octanol–water partition coefficient (Wildman–Crippen LogP) is 1.99. The van der Waals surface area contributed by atoms with Gasteiger partial charge in [0.2, 0.25) is 5.91 Å². The molecule has 2 amide bonds. The molecule has 0 fully saturated rings. The lowest BCUT2D eigenvalue weighted by molar-refractivity contribution is -0.119. The largest absolute Gasteiger partial charge is 0.352 e. The SMILES string of the molecule is O=C(CCNC(=O)c1ccc(-n2ccncc2=O)cc1)NS(=O)(=O)c1cc2ccc(Cl)cc2[nH]1. The molecule has 0 atom stereocenters. The fraction of sp³-hybridized carbons (Fsp3) is 0.0909. The molecule has 0 saturated carbocycles. The Kier molecular flexibility index (Phi) is 6.48. The Hall–Kier alpha value is -3.96. The molecule has 0 aliphatic rings. The summed E-state index contributed by atoms with van der Waals surface area (Å²) in [7, 11) is -4.11. The smallest absolute Gasteiger partial charge is 0.279 e. The lowest BCUT2D eigenvalue weighted by atomic mass is 10.2. The zero-order valence-corrected chi connectivity index (χ0v) is 19.1. The minimum absolute atomic E-state index is 0.0753. The van der Waals surface area contributed by atoms with E-state index in [4.69, 9.17) is 11.6 Å². The number of amides is 2. The molecule has 174 valence electrons. The van der Waals surface area contributed by atoms with E-state index in [1.54, 1.807) is 30.3 Å². The van der Waals surface area contributed by atoms with Crippen molar-refractivity contribution in [2.75, 3.05) is 6.54 Å². The number of sulfonamides is 1. The van der Waals surface area contributed by atoms with E-state index >= 15 is 0 Å². The second kappa shape index (κ2) is 9.49. The van der Waals surface area contributed by atoms with Gasteiger partial charge in [0.05, 0.1) is 6.20 Å². The molecule has 0 radical (unpaired) electrons. The van der Waals surface area contributed by atoms with Crippen LogP contribution in [0.5, 0.6) is 0 Å². The third-order valence-corrected chi connectivity index (χ3v) is 6.40. The molecule has 0 saturated heterocycles. The molecule has 12 heteroatoms. The van der Waals surface area contributed by atoms with E-state index in [-0.39, 0.29) is 23.6 Å². The number of carbonyl (C=O) groups excluding carboxylic acids is 2. The van der Waals surface area contributed by atoms with E-state index in [2.05, 4.69) is 15.3 Å². The molecule has 10 nitrogen and oxygen atoms in total. The first-order chi connectivity index (χ1) is 16.2. The summed E-state index contributed by atoms with van der Waals surface area (Å²) < 4.78 is 28.3. The zero-order chi connectivity index (χ0) is 24.3. The summed E-state index contributed by atoms with van der Waals surface area (Å²) in [5, 5.41) is 3.46. The highest BCUT2D eigenvalue weighted by atomic mass is 35.5. The summed E-state index contributed by atoms with van der Waals surface area (Å²) in [6, 6.07) is 12.5. The highest BCUT2D eigenvalue weighted by molar-refractivity contribution is 7.90. The van der Waals surface area contributed by atoms with Gasteiger partial charge in [-0.25, -0.2) is 4.72 Å². The highest BCUT2D eigenvalue weighted by Gasteiger charge is 2.20. The van der Waals surface area contributed by atoms with Gasteiger partial charge in [-0.3, -0.25) is 23.9 Å². The Bertz CT molecular complexity index is 1540. The average molecular weight is 500 g/mol. The molecule has 0 bridgehead atoms. The molecular weight excluding hydrogens is 482 g/mol. The maximum atomic E-state index is 12.5. The van der Waals surface area contributed by atoms with E-state index in [0.717, 1.165) is 0 Å². The van der Waals surface area contributed by atoms with Gasteiger partial charge in [-0.15, -0.1) is 0 Å². The van der Waals surface area contributed by atoms with Crippen molar-refractivity contribution in [2.24, 2.45) is 0 Å². The average Bonchev–Trinajstić information content (AvgIpc) is 3.23. The Balaban J connectivity index is 1.32. The minimum Gasteiger partial charge on any atom is -0.352 e. The van der Waals surface area contributed by atoms with Crippen LogP contribution in [0, 0.1) is 0 Å². The first-order valence-electron chi connectivity index (χ1n) is 9.98. The van der Waals surface area contributed by atoms with Crippen LogP contribution in [-0.2, 0) is 14.8 Å². The van der Waals surface area contributed by atoms with Gasteiger partial charge in [0, 0.05) is 52.5 Å². The van der Waals surface area contributed by atoms with E-state index < -0.39 is 21.8 Å². The van der Waals surface area contributed by atoms with E-state index in [0.29, 0.717) is 27.2 Å². The first kappa shape index (κ1) is 23.2. The second-order valence-corrected chi connectivity index (χ2v) is 9.32. The first-order valence-corrected chi connectivity index (χ1v) is 11.8. The number of aromatic amines is 1. The number of hydrogen-bond acceptors (Lipinski definition) is 6. The van der Waals surface area contributed by atoms with Crippen molar-refractivity contribution in [2.45, 2.75) is 11.4 Å². The molecule has 0 unspecified atom stereocenters. The normalized spacial score (nSPS) is 11.3. The fourth-order valence-corrected chi connectivity index (χ4v) is 4.41. The molecule has 4 aromatic rings. The number of hydrogen-bond donors (Lipinski definition) is 3. The van der Waals surface area contributed by atoms with Gasteiger partial charge in [-0.2, -0.15) is 8.42 Å². The summed E-state index contributed by atoms with van der Waals surface area (Å²) in [6.07, 6.45) is 3.91. The number of aromatic nitrogens is 3. The number of carbonyl (C=O) groups is 2. The molecule has 2 aromatic carbocycles. The van der Waals surface area contributed by atoms with Gasteiger partial charge in [0.1, 0.15) is 0 Å². The van der Waals surface area contributed by atoms with Crippen molar-refractivity contribution in [3.63, 3.8) is 0 Å². The van der Waals surface area contributed by atoms with Crippen LogP contribution in [0.4, 0.5) is 0 Å². The summed E-state index contributed by atoms with van der Waals surface area (Å²) in [5.74, 6) is -1.22. The molecule has 34 heavy (non-hydrogen) atoms. The standard InChI is InChI=1S/C22H18ClN5O5S/c23-16-4-1-15-11-20(26-18(15)12-16)34(32,33)27-19(29)7-8-25-22(31)14-2-5-17(6-3-14)28-10-9-24-13-21(28)30/h1-6,9-13,26H,7-8H2,(H,25,31)(H,27,29). The van der Waals surface area contributed by atoms with E-state index in [9.17, 15) is 22.8 Å². The van der Waals surface area contributed by atoms with Gasteiger partial charge in [-0.1, -0.05) is 17.7 Å². The number of nitrogens with zero attached hydrogens (tertiary/aromatic N) is 2. The predicted molar refractivity (Wildman–Crippen MR) is 125 cm³/mol. The van der Waals surface area contributed by atoms with Crippen LogP contribution < -0.4 is 15.6 Å². The van der Waals surface area contributed by atoms with Crippen molar-refractivity contribution in [3.05, 3.63) is 88.1 Å². The Morgan fingerprint density at radius 1 is 1.09 bits per heavy atom. The van der Waals surface area contributed by atoms with Crippen LogP contribution in [0.15, 0.2) is 76.9 Å². The molecular formula is C22H18ClN5O5S. The van der Waals surface area contributed by atoms with Crippen LogP contribution >= 0.6 is 11.6 Å². The van der Waals surface area contributed by atoms with Crippen molar-refractivity contribution >= 4 is 44.3 Å². The lowest BCUT2D eigenvalue weighted by Gasteiger charge is -2.08. The quantitative estimate of drug-likeness (QED) is 0.355. The minimum atomic E-state index is -4.11.